The maximum absolute atomic E-state index is 12.7. The normalized spacial score (nSPS) is 11.9. The number of methoxy groups -OCH3 is 1. The molecule has 0 saturated carbocycles. The number of rotatable bonds is 9. The zero-order chi connectivity index (χ0) is 15.9. The molecule has 0 atom stereocenters. The molecule has 1 N–H and O–H groups in total. The molecule has 0 fully saturated rings. The van der Waals surface area contributed by atoms with Gasteiger partial charge in [0.15, 0.2) is 0 Å². The highest BCUT2D eigenvalue weighted by molar-refractivity contribution is 7.89. The number of nitrogens with one attached hydrogen (secondary N) is 1. The molecule has 5 nitrogen and oxygen atoms in total. The fourth-order valence-corrected chi connectivity index (χ4v) is 3.81. The van der Waals surface area contributed by atoms with Crippen molar-refractivity contribution in [2.45, 2.75) is 38.6 Å². The zero-order valence-corrected chi connectivity index (χ0v) is 14.2. The molecule has 1 aromatic carbocycles. The lowest BCUT2D eigenvalue weighted by molar-refractivity contribution is 0.395. The van der Waals surface area contributed by atoms with Crippen molar-refractivity contribution in [2.75, 3.05) is 26.7 Å². The maximum atomic E-state index is 12.7. The molecule has 0 radical (unpaired) electrons. The van der Waals surface area contributed by atoms with Crippen molar-refractivity contribution in [2.24, 2.45) is 0 Å². The third-order valence-corrected chi connectivity index (χ3v) is 5.38. The first-order valence-electron chi connectivity index (χ1n) is 7.38. The standard InChI is InChI=1S/C15H26N2O3S/c1-5-10-16-12-13-8-9-14(20-4)15(11-13)21(18,19)17(6-2)7-3/h8-9,11,16H,5-7,10,12H2,1-4H3. The first kappa shape index (κ1) is 17.9. The van der Waals surface area contributed by atoms with Gasteiger partial charge in [-0.2, -0.15) is 4.31 Å². The molecular formula is C15H26N2O3S. The molecule has 0 aromatic heterocycles. The Morgan fingerprint density at radius 1 is 1.19 bits per heavy atom. The summed E-state index contributed by atoms with van der Waals surface area (Å²) in [6.07, 6.45) is 1.04. The Bertz CT molecular complexity index is 540. The van der Waals surface area contributed by atoms with E-state index in [0.29, 0.717) is 25.4 Å². The van der Waals surface area contributed by atoms with E-state index in [4.69, 9.17) is 4.74 Å². The van der Waals surface area contributed by atoms with Crippen molar-refractivity contribution in [1.29, 1.82) is 0 Å². The maximum Gasteiger partial charge on any atom is 0.246 e. The number of hydrogen-bond acceptors (Lipinski definition) is 4. The van der Waals surface area contributed by atoms with E-state index in [1.165, 1.54) is 11.4 Å². The summed E-state index contributed by atoms with van der Waals surface area (Å²) in [6, 6.07) is 5.32. The summed E-state index contributed by atoms with van der Waals surface area (Å²) in [7, 11) is -2.02. The summed E-state index contributed by atoms with van der Waals surface area (Å²) >= 11 is 0. The summed E-state index contributed by atoms with van der Waals surface area (Å²) in [5.41, 5.74) is 0.940. The van der Waals surface area contributed by atoms with Gasteiger partial charge in [-0.15, -0.1) is 0 Å². The fraction of sp³-hybridized carbons (Fsp3) is 0.600. The van der Waals surface area contributed by atoms with Crippen molar-refractivity contribution in [3.63, 3.8) is 0 Å². The molecule has 0 aliphatic rings. The van der Waals surface area contributed by atoms with E-state index >= 15 is 0 Å². The van der Waals surface area contributed by atoms with Gasteiger partial charge in [0.25, 0.3) is 0 Å². The van der Waals surface area contributed by atoms with E-state index in [9.17, 15) is 8.42 Å². The van der Waals surface area contributed by atoms with Crippen molar-refractivity contribution in [3.8, 4) is 5.75 Å². The van der Waals surface area contributed by atoms with Crippen LogP contribution in [0, 0.1) is 0 Å². The van der Waals surface area contributed by atoms with Crippen LogP contribution in [0.3, 0.4) is 0 Å². The Morgan fingerprint density at radius 3 is 2.38 bits per heavy atom. The van der Waals surface area contributed by atoms with E-state index in [2.05, 4.69) is 12.2 Å². The van der Waals surface area contributed by atoms with Crippen LogP contribution in [0.1, 0.15) is 32.8 Å². The summed E-state index contributed by atoms with van der Waals surface area (Å²) < 4.78 is 32.0. The third-order valence-electron chi connectivity index (χ3n) is 3.31. The monoisotopic (exact) mass is 314 g/mol. The number of hydrogen-bond donors (Lipinski definition) is 1. The highest BCUT2D eigenvalue weighted by Crippen LogP contribution is 2.27. The molecule has 120 valence electrons. The molecular weight excluding hydrogens is 288 g/mol. The lowest BCUT2D eigenvalue weighted by atomic mass is 10.2. The predicted octanol–water partition coefficient (Wildman–Crippen LogP) is 2.23. The second-order valence-corrected chi connectivity index (χ2v) is 6.66. The van der Waals surface area contributed by atoms with Gasteiger partial charge in [-0.1, -0.05) is 26.8 Å². The molecule has 0 aliphatic carbocycles. The SMILES string of the molecule is CCCNCc1ccc(OC)c(S(=O)(=O)N(CC)CC)c1. The molecule has 0 aliphatic heterocycles. The third kappa shape index (κ3) is 4.43. The molecule has 6 heteroatoms. The molecule has 0 bridgehead atoms. The largest absolute Gasteiger partial charge is 0.495 e. The second kappa shape index (κ2) is 8.36. The van der Waals surface area contributed by atoms with Crippen LogP contribution in [0.25, 0.3) is 0 Å². The van der Waals surface area contributed by atoms with Crippen molar-refractivity contribution >= 4 is 10.0 Å². The lowest BCUT2D eigenvalue weighted by Gasteiger charge is -2.20. The Kier molecular flexibility index (Phi) is 7.14. The number of benzene rings is 1. The summed E-state index contributed by atoms with van der Waals surface area (Å²) in [5, 5.41) is 3.28. The second-order valence-electron chi connectivity index (χ2n) is 4.75. The summed E-state index contributed by atoms with van der Waals surface area (Å²) in [4.78, 5) is 0.240. The fourth-order valence-electron chi connectivity index (χ4n) is 2.14. The van der Waals surface area contributed by atoms with E-state index < -0.39 is 10.0 Å². The molecule has 0 amide bonds. The van der Waals surface area contributed by atoms with Crippen LogP contribution >= 0.6 is 0 Å². The first-order chi connectivity index (χ1) is 10.0. The first-order valence-corrected chi connectivity index (χ1v) is 8.82. The van der Waals surface area contributed by atoms with Gasteiger partial charge in [0.1, 0.15) is 10.6 Å². The zero-order valence-electron chi connectivity index (χ0n) is 13.3. The average Bonchev–Trinajstić information content (AvgIpc) is 2.48. The molecule has 0 unspecified atom stereocenters. The van der Waals surface area contributed by atoms with Crippen molar-refractivity contribution in [1.82, 2.24) is 9.62 Å². The Balaban J connectivity index is 3.16. The Labute approximate surface area is 128 Å². The van der Waals surface area contributed by atoms with Gasteiger partial charge in [-0.05, 0) is 30.7 Å². The van der Waals surface area contributed by atoms with Crippen LogP contribution in [-0.2, 0) is 16.6 Å². The topological polar surface area (TPSA) is 58.6 Å². The van der Waals surface area contributed by atoms with Gasteiger partial charge < -0.3 is 10.1 Å². The summed E-state index contributed by atoms with van der Waals surface area (Å²) in [6.45, 7) is 8.21. The molecule has 0 heterocycles. The van der Waals surface area contributed by atoms with Gasteiger partial charge in [-0.25, -0.2) is 8.42 Å². The highest BCUT2D eigenvalue weighted by Gasteiger charge is 2.25. The summed E-state index contributed by atoms with van der Waals surface area (Å²) in [5.74, 6) is 0.390. The number of ether oxygens (including phenoxy) is 1. The van der Waals surface area contributed by atoms with Crippen molar-refractivity contribution in [3.05, 3.63) is 23.8 Å². The minimum Gasteiger partial charge on any atom is -0.495 e. The Morgan fingerprint density at radius 2 is 1.86 bits per heavy atom. The average molecular weight is 314 g/mol. The highest BCUT2D eigenvalue weighted by atomic mass is 32.2. The molecule has 21 heavy (non-hydrogen) atoms. The van der Waals surface area contributed by atoms with Gasteiger partial charge in [0.2, 0.25) is 10.0 Å². The van der Waals surface area contributed by atoms with Gasteiger partial charge >= 0.3 is 0 Å². The molecule has 0 saturated heterocycles. The van der Waals surface area contributed by atoms with Crippen LogP contribution in [0.15, 0.2) is 23.1 Å². The smallest absolute Gasteiger partial charge is 0.246 e. The van der Waals surface area contributed by atoms with Gasteiger partial charge in [-0.3, -0.25) is 0 Å². The van der Waals surface area contributed by atoms with E-state index in [-0.39, 0.29) is 4.90 Å². The van der Waals surface area contributed by atoms with Crippen LogP contribution in [-0.4, -0.2) is 39.5 Å². The van der Waals surface area contributed by atoms with Crippen LogP contribution in [0.2, 0.25) is 0 Å². The number of sulfonamides is 1. The minimum atomic E-state index is -3.52. The quantitative estimate of drug-likeness (QED) is 0.710. The molecule has 1 rings (SSSR count). The van der Waals surface area contributed by atoms with Crippen molar-refractivity contribution < 1.29 is 13.2 Å². The lowest BCUT2D eigenvalue weighted by Crippen LogP contribution is -2.31. The number of nitrogens with zero attached hydrogens (tertiary/aromatic N) is 1. The van der Waals surface area contributed by atoms with Crippen LogP contribution < -0.4 is 10.1 Å². The predicted molar refractivity (Wildman–Crippen MR) is 85.1 cm³/mol. The molecule has 0 spiro atoms. The van der Waals surface area contributed by atoms with Crippen LogP contribution in [0.4, 0.5) is 0 Å². The van der Waals surface area contributed by atoms with Gasteiger partial charge in [0.05, 0.1) is 7.11 Å². The van der Waals surface area contributed by atoms with E-state index in [0.717, 1.165) is 18.5 Å². The van der Waals surface area contributed by atoms with E-state index in [1.807, 2.05) is 19.9 Å². The minimum absolute atomic E-state index is 0.240. The molecule has 1 aromatic rings. The Hall–Kier alpha value is -1.11. The van der Waals surface area contributed by atoms with Crippen LogP contribution in [0.5, 0.6) is 5.75 Å². The van der Waals surface area contributed by atoms with Gasteiger partial charge in [0, 0.05) is 19.6 Å². The van der Waals surface area contributed by atoms with E-state index in [1.54, 1.807) is 12.1 Å².